The summed E-state index contributed by atoms with van der Waals surface area (Å²) in [5.41, 5.74) is 1.89. The summed E-state index contributed by atoms with van der Waals surface area (Å²) < 4.78 is 23.7. The Hall–Kier alpha value is -2.23. The summed E-state index contributed by atoms with van der Waals surface area (Å²) in [4.78, 5) is 0. The van der Waals surface area contributed by atoms with Crippen LogP contribution in [-0.4, -0.2) is 13.7 Å². The zero-order valence-corrected chi connectivity index (χ0v) is 11.7. The van der Waals surface area contributed by atoms with Gasteiger partial charge in [0.25, 0.3) is 0 Å². The van der Waals surface area contributed by atoms with E-state index >= 15 is 0 Å². The number of benzene rings is 2. The zero-order valence-electron chi connectivity index (χ0n) is 11.7. The van der Waals surface area contributed by atoms with Crippen LogP contribution >= 0.6 is 0 Å². The Bertz CT molecular complexity index is 555. The fourth-order valence-electron chi connectivity index (χ4n) is 1.86. The third kappa shape index (κ3) is 3.63. The van der Waals surface area contributed by atoms with Crippen molar-refractivity contribution in [2.24, 2.45) is 0 Å². The molecule has 106 valence electrons. The Labute approximate surface area is 118 Å². The highest BCUT2D eigenvalue weighted by Gasteiger charge is 2.05. The average molecular weight is 275 g/mol. The second-order valence-electron chi connectivity index (χ2n) is 4.28. The number of nitrogens with one attached hydrogen (secondary N) is 1. The number of methoxy groups -OCH3 is 1. The first-order chi connectivity index (χ1) is 9.72. The lowest BCUT2D eigenvalue weighted by Crippen LogP contribution is -2.03. The number of hydrogen-bond acceptors (Lipinski definition) is 3. The molecule has 0 saturated heterocycles. The Morgan fingerprint density at radius 2 is 1.85 bits per heavy atom. The van der Waals surface area contributed by atoms with E-state index in [4.69, 9.17) is 9.47 Å². The monoisotopic (exact) mass is 275 g/mol. The van der Waals surface area contributed by atoms with E-state index in [1.807, 2.05) is 31.2 Å². The van der Waals surface area contributed by atoms with Gasteiger partial charge in [-0.05, 0) is 36.8 Å². The van der Waals surface area contributed by atoms with Crippen LogP contribution in [0.15, 0.2) is 42.5 Å². The summed E-state index contributed by atoms with van der Waals surface area (Å²) in [6.07, 6.45) is 0. The highest BCUT2D eigenvalue weighted by molar-refractivity contribution is 5.56. The van der Waals surface area contributed by atoms with Crippen LogP contribution in [0.5, 0.6) is 11.5 Å². The predicted molar refractivity (Wildman–Crippen MR) is 77.9 cm³/mol. The molecule has 0 heterocycles. The second-order valence-corrected chi connectivity index (χ2v) is 4.28. The van der Waals surface area contributed by atoms with Crippen LogP contribution in [0.4, 0.5) is 10.1 Å². The van der Waals surface area contributed by atoms with Crippen molar-refractivity contribution in [1.82, 2.24) is 0 Å². The van der Waals surface area contributed by atoms with Crippen molar-refractivity contribution >= 4 is 5.69 Å². The van der Waals surface area contributed by atoms with Crippen LogP contribution in [0.25, 0.3) is 0 Å². The van der Waals surface area contributed by atoms with Crippen LogP contribution < -0.4 is 14.8 Å². The molecule has 1 N–H and O–H groups in total. The smallest absolute Gasteiger partial charge is 0.145 e. The minimum absolute atomic E-state index is 0.302. The molecule has 0 atom stereocenters. The van der Waals surface area contributed by atoms with E-state index in [0.29, 0.717) is 18.9 Å². The van der Waals surface area contributed by atoms with E-state index in [2.05, 4.69) is 5.32 Å². The van der Waals surface area contributed by atoms with E-state index in [0.717, 1.165) is 17.0 Å². The van der Waals surface area contributed by atoms with Crippen LogP contribution in [0, 0.1) is 5.82 Å². The molecule has 0 spiro atoms. The summed E-state index contributed by atoms with van der Waals surface area (Å²) in [6.45, 7) is 3.01. The summed E-state index contributed by atoms with van der Waals surface area (Å²) in [5.74, 6) is 1.05. The highest BCUT2D eigenvalue weighted by atomic mass is 19.1. The van der Waals surface area contributed by atoms with Gasteiger partial charge >= 0.3 is 0 Å². The molecule has 0 radical (unpaired) electrons. The number of anilines is 1. The zero-order chi connectivity index (χ0) is 14.4. The van der Waals surface area contributed by atoms with Crippen molar-refractivity contribution < 1.29 is 13.9 Å². The summed E-state index contributed by atoms with van der Waals surface area (Å²) in [5, 5.41) is 3.25. The van der Waals surface area contributed by atoms with Gasteiger partial charge < -0.3 is 14.8 Å². The maximum atomic E-state index is 13.2. The molecule has 0 unspecified atom stereocenters. The molecule has 0 amide bonds. The molecule has 3 nitrogen and oxygen atoms in total. The van der Waals surface area contributed by atoms with Crippen LogP contribution in [-0.2, 0) is 6.54 Å². The molecule has 0 aliphatic carbocycles. The molecule has 2 aromatic rings. The minimum Gasteiger partial charge on any atom is -0.497 e. The molecule has 0 saturated carbocycles. The van der Waals surface area contributed by atoms with Crippen LogP contribution in [0.3, 0.4) is 0 Å². The second kappa shape index (κ2) is 6.80. The Kier molecular flexibility index (Phi) is 4.82. The molecule has 0 aliphatic heterocycles. The highest BCUT2D eigenvalue weighted by Crippen LogP contribution is 2.26. The number of halogens is 1. The quantitative estimate of drug-likeness (QED) is 0.868. The minimum atomic E-state index is -0.302. The first kappa shape index (κ1) is 14.2. The summed E-state index contributed by atoms with van der Waals surface area (Å²) in [6, 6.07) is 12.3. The van der Waals surface area contributed by atoms with Gasteiger partial charge in [-0.3, -0.25) is 0 Å². The largest absolute Gasteiger partial charge is 0.497 e. The fraction of sp³-hybridized carbons (Fsp3) is 0.250. The summed E-state index contributed by atoms with van der Waals surface area (Å²) in [7, 11) is 1.64. The summed E-state index contributed by atoms with van der Waals surface area (Å²) >= 11 is 0. The van der Waals surface area contributed by atoms with Crippen molar-refractivity contribution in [3.05, 3.63) is 53.8 Å². The van der Waals surface area contributed by atoms with Crippen molar-refractivity contribution in [2.45, 2.75) is 13.5 Å². The molecule has 0 aromatic heterocycles. The van der Waals surface area contributed by atoms with E-state index < -0.39 is 0 Å². The maximum Gasteiger partial charge on any atom is 0.145 e. The third-order valence-electron chi connectivity index (χ3n) is 2.89. The van der Waals surface area contributed by atoms with Gasteiger partial charge in [0.05, 0.1) is 19.4 Å². The SMILES string of the molecule is CCOc1cc(F)ccc1NCc1ccc(OC)cc1. The number of hydrogen-bond donors (Lipinski definition) is 1. The van der Waals surface area contributed by atoms with Gasteiger partial charge in [0.2, 0.25) is 0 Å². The van der Waals surface area contributed by atoms with E-state index in [9.17, 15) is 4.39 Å². The van der Waals surface area contributed by atoms with Crippen molar-refractivity contribution in [3.8, 4) is 11.5 Å². The van der Waals surface area contributed by atoms with Crippen LogP contribution in [0.1, 0.15) is 12.5 Å². The van der Waals surface area contributed by atoms with Gasteiger partial charge in [-0.15, -0.1) is 0 Å². The first-order valence-electron chi connectivity index (χ1n) is 6.52. The Balaban J connectivity index is 2.05. The average Bonchev–Trinajstić information content (AvgIpc) is 2.47. The number of ether oxygens (including phenoxy) is 2. The Morgan fingerprint density at radius 1 is 1.10 bits per heavy atom. The van der Waals surface area contributed by atoms with Crippen molar-refractivity contribution in [3.63, 3.8) is 0 Å². The standard InChI is InChI=1S/C16H18FNO2/c1-3-20-16-10-13(17)6-9-15(16)18-11-12-4-7-14(19-2)8-5-12/h4-10,18H,3,11H2,1-2H3. The molecule has 0 bridgehead atoms. The lowest BCUT2D eigenvalue weighted by molar-refractivity contribution is 0.340. The molecule has 2 rings (SSSR count). The van der Waals surface area contributed by atoms with Gasteiger partial charge in [0.1, 0.15) is 17.3 Å². The molecule has 4 heteroatoms. The van der Waals surface area contributed by atoms with Gasteiger partial charge in [0, 0.05) is 12.6 Å². The van der Waals surface area contributed by atoms with Gasteiger partial charge in [0.15, 0.2) is 0 Å². The number of rotatable bonds is 6. The third-order valence-corrected chi connectivity index (χ3v) is 2.89. The first-order valence-corrected chi connectivity index (χ1v) is 6.52. The Morgan fingerprint density at radius 3 is 2.50 bits per heavy atom. The van der Waals surface area contributed by atoms with E-state index in [1.54, 1.807) is 13.2 Å². The van der Waals surface area contributed by atoms with Gasteiger partial charge in [-0.1, -0.05) is 12.1 Å². The molecule has 0 fully saturated rings. The molecule has 0 aliphatic rings. The van der Waals surface area contributed by atoms with Crippen LogP contribution in [0.2, 0.25) is 0 Å². The van der Waals surface area contributed by atoms with Crippen molar-refractivity contribution in [1.29, 1.82) is 0 Å². The lowest BCUT2D eigenvalue weighted by Gasteiger charge is -2.12. The van der Waals surface area contributed by atoms with Gasteiger partial charge in [-0.25, -0.2) is 4.39 Å². The topological polar surface area (TPSA) is 30.5 Å². The maximum absolute atomic E-state index is 13.2. The molecule has 20 heavy (non-hydrogen) atoms. The molecular formula is C16H18FNO2. The van der Waals surface area contributed by atoms with Gasteiger partial charge in [-0.2, -0.15) is 0 Å². The lowest BCUT2D eigenvalue weighted by atomic mass is 10.2. The molecular weight excluding hydrogens is 257 g/mol. The predicted octanol–water partition coefficient (Wildman–Crippen LogP) is 3.85. The van der Waals surface area contributed by atoms with Crippen molar-refractivity contribution in [2.75, 3.05) is 19.0 Å². The van der Waals surface area contributed by atoms with E-state index in [1.165, 1.54) is 12.1 Å². The molecule has 2 aromatic carbocycles. The fourth-order valence-corrected chi connectivity index (χ4v) is 1.86. The van der Waals surface area contributed by atoms with E-state index in [-0.39, 0.29) is 5.82 Å². The normalized spacial score (nSPS) is 10.2.